The first-order valence-electron chi connectivity index (χ1n) is 11.2. The molecule has 0 saturated carbocycles. The molecule has 0 radical (unpaired) electrons. The summed E-state index contributed by atoms with van der Waals surface area (Å²) in [5.41, 5.74) is 1.42. The number of hydrogen-bond acceptors (Lipinski definition) is 5. The van der Waals surface area contributed by atoms with Gasteiger partial charge in [-0.25, -0.2) is 9.79 Å². The van der Waals surface area contributed by atoms with Crippen LogP contribution in [0.4, 0.5) is 0 Å². The van der Waals surface area contributed by atoms with Crippen LogP contribution in [-0.2, 0) is 11.3 Å². The van der Waals surface area contributed by atoms with E-state index in [9.17, 15) is 4.79 Å². The molecule has 0 unspecified atom stereocenters. The first-order valence-corrected chi connectivity index (χ1v) is 11.6. The van der Waals surface area contributed by atoms with Gasteiger partial charge in [-0.3, -0.25) is 0 Å². The zero-order valence-electron chi connectivity index (χ0n) is 19.1. The summed E-state index contributed by atoms with van der Waals surface area (Å²) in [5.74, 6) is 1.05. The van der Waals surface area contributed by atoms with Crippen LogP contribution in [0.15, 0.2) is 35.5 Å². The Hall–Kier alpha value is -2.73. The smallest absolute Gasteiger partial charge is 0.337 e. The number of carbonyl (C=O) groups is 1. The Morgan fingerprint density at radius 2 is 2.09 bits per heavy atom. The predicted octanol–water partition coefficient (Wildman–Crippen LogP) is 3.78. The number of halogens is 1. The van der Waals surface area contributed by atoms with Crippen molar-refractivity contribution in [1.82, 2.24) is 9.88 Å². The number of unbranched alkanes of at least 4 members (excludes halogenated alkanes) is 2. The number of ether oxygens (including phenoxy) is 2. The van der Waals surface area contributed by atoms with Crippen LogP contribution < -0.4 is 20.6 Å². The average Bonchev–Trinajstić information content (AvgIpc) is 3.22. The molecule has 0 saturated heterocycles. The van der Waals surface area contributed by atoms with E-state index in [1.165, 1.54) is 13.5 Å². The second-order valence-corrected chi connectivity index (χ2v) is 8.27. The van der Waals surface area contributed by atoms with Gasteiger partial charge < -0.3 is 19.4 Å². The van der Waals surface area contributed by atoms with E-state index in [0.29, 0.717) is 23.0 Å². The summed E-state index contributed by atoms with van der Waals surface area (Å²) >= 11 is 6.46. The zero-order chi connectivity index (χ0) is 22.9. The lowest BCUT2D eigenvalue weighted by Gasteiger charge is -2.13. The molecule has 0 fully saturated rings. The maximum atomic E-state index is 11.9. The van der Waals surface area contributed by atoms with Crippen LogP contribution in [0.3, 0.4) is 0 Å². The van der Waals surface area contributed by atoms with Gasteiger partial charge in [-0.2, -0.15) is 0 Å². The van der Waals surface area contributed by atoms with E-state index in [1.807, 2.05) is 6.07 Å². The molecule has 1 aromatic heterocycles. The highest BCUT2D eigenvalue weighted by atomic mass is 35.5. The minimum absolute atomic E-state index is 0.386. The number of hydrogen-bond donors (Lipinski definition) is 1. The molecule has 32 heavy (non-hydrogen) atoms. The molecule has 0 amide bonds. The largest absolute Gasteiger partial charge is 0.496 e. The van der Waals surface area contributed by atoms with Crippen molar-refractivity contribution < 1.29 is 14.3 Å². The maximum absolute atomic E-state index is 11.9. The van der Waals surface area contributed by atoms with Crippen LogP contribution in [0.2, 0.25) is 0 Å². The highest BCUT2D eigenvalue weighted by molar-refractivity contribution is 6.65. The van der Waals surface area contributed by atoms with Crippen molar-refractivity contribution in [1.29, 1.82) is 0 Å². The molecule has 1 aliphatic rings. The van der Waals surface area contributed by atoms with E-state index >= 15 is 0 Å². The minimum atomic E-state index is -0.386. The van der Waals surface area contributed by atoms with Crippen molar-refractivity contribution in [3.05, 3.63) is 52.2 Å². The standard InChI is InChI=1S/C25H32ClN3O3/c1-4-5-8-14-27-24-23-18(9-6-7-10-22(26)28-24)13-15-29(23)17-20-12-11-19(25(30)32-3)16-21(20)31-2/h9,11-13,15-16,27H,4-8,10,14,17H2,1-3H3/b18-9-,24-23+,28-22+. The van der Waals surface area contributed by atoms with Crippen molar-refractivity contribution in [3.8, 4) is 5.75 Å². The van der Waals surface area contributed by atoms with Gasteiger partial charge >= 0.3 is 5.97 Å². The molecule has 2 heterocycles. The summed E-state index contributed by atoms with van der Waals surface area (Å²) in [6.07, 6.45) is 10.4. The second kappa shape index (κ2) is 11.8. The van der Waals surface area contributed by atoms with Crippen LogP contribution in [0.1, 0.15) is 61.4 Å². The highest BCUT2D eigenvalue weighted by Gasteiger charge is 2.13. The Bertz CT molecular complexity index is 1090. The van der Waals surface area contributed by atoms with E-state index in [-0.39, 0.29) is 5.97 Å². The van der Waals surface area contributed by atoms with E-state index in [2.05, 4.69) is 35.1 Å². The van der Waals surface area contributed by atoms with Gasteiger partial charge in [0.05, 0.1) is 31.7 Å². The van der Waals surface area contributed by atoms with Gasteiger partial charge in [0, 0.05) is 24.7 Å². The third-order valence-electron chi connectivity index (χ3n) is 5.53. The van der Waals surface area contributed by atoms with Crippen LogP contribution in [0.25, 0.3) is 11.9 Å². The number of fused-ring (bicyclic) bond motifs is 1. The third-order valence-corrected chi connectivity index (χ3v) is 5.80. The number of rotatable bonds is 9. The van der Waals surface area contributed by atoms with Crippen molar-refractivity contribution in [3.63, 3.8) is 0 Å². The minimum Gasteiger partial charge on any atom is -0.496 e. The third kappa shape index (κ3) is 5.94. The lowest BCUT2D eigenvalue weighted by Crippen LogP contribution is -2.36. The van der Waals surface area contributed by atoms with Crippen LogP contribution in [-0.4, -0.2) is 36.5 Å². The fraction of sp³-hybridized carbons (Fsp3) is 0.440. The first kappa shape index (κ1) is 23.9. The molecule has 1 N–H and O–H groups in total. The molecule has 7 heteroatoms. The molecule has 6 nitrogen and oxygen atoms in total. The highest BCUT2D eigenvalue weighted by Crippen LogP contribution is 2.21. The monoisotopic (exact) mass is 457 g/mol. The molecule has 172 valence electrons. The first-order chi connectivity index (χ1) is 15.6. The lowest BCUT2D eigenvalue weighted by molar-refractivity contribution is 0.0600. The van der Waals surface area contributed by atoms with Crippen molar-refractivity contribution in [2.24, 2.45) is 4.99 Å². The molecule has 0 bridgehead atoms. The molecule has 1 aliphatic heterocycles. The van der Waals surface area contributed by atoms with E-state index in [4.69, 9.17) is 26.1 Å². The summed E-state index contributed by atoms with van der Waals surface area (Å²) in [7, 11) is 2.98. The number of esters is 1. The quantitative estimate of drug-likeness (QED) is 0.459. The van der Waals surface area contributed by atoms with Crippen molar-refractivity contribution in [2.45, 2.75) is 52.0 Å². The zero-order valence-corrected chi connectivity index (χ0v) is 19.9. The predicted molar refractivity (Wildman–Crippen MR) is 130 cm³/mol. The van der Waals surface area contributed by atoms with Gasteiger partial charge in [0.15, 0.2) is 5.82 Å². The number of nitrogens with zero attached hydrogens (tertiary/aromatic N) is 2. The van der Waals surface area contributed by atoms with E-state index < -0.39 is 0 Å². The topological polar surface area (TPSA) is 64.9 Å². The lowest BCUT2D eigenvalue weighted by atomic mass is 10.1. The summed E-state index contributed by atoms with van der Waals surface area (Å²) in [6, 6.07) is 7.50. The summed E-state index contributed by atoms with van der Waals surface area (Å²) in [5, 5.41) is 6.30. The molecule has 3 rings (SSSR count). The Kier molecular flexibility index (Phi) is 8.80. The van der Waals surface area contributed by atoms with Crippen molar-refractivity contribution in [2.75, 3.05) is 20.8 Å². The van der Waals surface area contributed by atoms with Gasteiger partial charge in [-0.15, -0.1) is 0 Å². The van der Waals surface area contributed by atoms with E-state index in [0.717, 1.165) is 60.6 Å². The molecular formula is C25H32ClN3O3. The summed E-state index contributed by atoms with van der Waals surface area (Å²) in [6.45, 7) is 3.61. The Morgan fingerprint density at radius 3 is 2.84 bits per heavy atom. The Morgan fingerprint density at radius 1 is 1.25 bits per heavy atom. The summed E-state index contributed by atoms with van der Waals surface area (Å²) in [4.78, 5) is 16.7. The molecule has 1 aromatic carbocycles. The summed E-state index contributed by atoms with van der Waals surface area (Å²) < 4.78 is 12.6. The molecule has 0 atom stereocenters. The maximum Gasteiger partial charge on any atom is 0.337 e. The number of carbonyl (C=O) groups excluding carboxylic acids is 1. The molecule has 0 spiro atoms. The number of aliphatic imine (C=N–C) groups is 1. The number of aromatic nitrogens is 1. The second-order valence-electron chi connectivity index (χ2n) is 7.83. The van der Waals surface area contributed by atoms with Gasteiger partial charge in [0.25, 0.3) is 0 Å². The van der Waals surface area contributed by atoms with Gasteiger partial charge in [0.1, 0.15) is 10.9 Å². The van der Waals surface area contributed by atoms with E-state index in [1.54, 1.807) is 19.2 Å². The molecule has 0 aliphatic carbocycles. The van der Waals surface area contributed by atoms with Gasteiger partial charge in [-0.1, -0.05) is 43.5 Å². The normalized spacial score (nSPS) is 18.1. The number of nitrogens with one attached hydrogen (secondary N) is 1. The molecular weight excluding hydrogens is 426 g/mol. The van der Waals surface area contributed by atoms with Crippen molar-refractivity contribution >= 4 is 34.6 Å². The Balaban J connectivity index is 2.06. The Labute approximate surface area is 194 Å². The van der Waals surface area contributed by atoms with Crippen LogP contribution in [0, 0.1) is 0 Å². The number of methoxy groups -OCH3 is 2. The van der Waals surface area contributed by atoms with Gasteiger partial charge in [0.2, 0.25) is 0 Å². The number of benzene rings is 1. The van der Waals surface area contributed by atoms with Crippen LogP contribution in [0.5, 0.6) is 5.75 Å². The average molecular weight is 458 g/mol. The van der Waals surface area contributed by atoms with Crippen LogP contribution >= 0.6 is 11.6 Å². The fourth-order valence-electron chi connectivity index (χ4n) is 3.80. The fourth-order valence-corrected chi connectivity index (χ4v) is 4.02. The van der Waals surface area contributed by atoms with Gasteiger partial charge in [-0.05, 0) is 42.7 Å². The SMILES string of the molecule is CCCCCNC1=c2/c(ccn2Cc2ccc(C(=O)OC)cc2OC)=C\CCC/C(Cl)=N\1. The molecule has 2 aromatic rings.